The Morgan fingerprint density at radius 2 is 1.70 bits per heavy atom. The molecule has 0 saturated heterocycles. The van der Waals surface area contributed by atoms with Gasteiger partial charge in [0.2, 0.25) is 5.91 Å². The van der Waals surface area contributed by atoms with Crippen molar-refractivity contribution in [2.45, 2.75) is 75.6 Å². The smallest absolute Gasteiger partial charge is 0.254 e. The molecule has 2 amide bonds. The minimum Gasteiger partial charge on any atom is -0.350 e. The van der Waals surface area contributed by atoms with Crippen molar-refractivity contribution in [1.29, 1.82) is 0 Å². The quantitative estimate of drug-likeness (QED) is 0.555. The molecule has 164 valence electrons. The van der Waals surface area contributed by atoms with Crippen LogP contribution < -0.4 is 5.32 Å². The van der Waals surface area contributed by atoms with Crippen LogP contribution in [0, 0.1) is 17.8 Å². The van der Waals surface area contributed by atoms with Crippen molar-refractivity contribution in [2.75, 3.05) is 18.8 Å². The standard InChI is InChI=1S/C25H36N2O2S/c1-3-5-10-27(4-2)24(29)21-8-6-7-9-22(21)30-17-23(28)26-25-14-18-11-19(15-25)13-20(12-18)16-25/h6-9,18-20H,3-5,10-17H2,1-2H3,(H,26,28). The van der Waals surface area contributed by atoms with Crippen molar-refractivity contribution < 1.29 is 9.59 Å². The lowest BCUT2D eigenvalue weighted by Gasteiger charge is -2.56. The molecule has 1 aromatic carbocycles. The highest BCUT2D eigenvalue weighted by molar-refractivity contribution is 8.00. The number of carbonyl (C=O) groups excluding carboxylic acids is 2. The fourth-order valence-electron chi connectivity index (χ4n) is 6.43. The van der Waals surface area contributed by atoms with Crippen LogP contribution >= 0.6 is 11.8 Å². The van der Waals surface area contributed by atoms with Crippen molar-refractivity contribution in [3.8, 4) is 0 Å². The maximum absolute atomic E-state index is 13.1. The molecule has 0 heterocycles. The van der Waals surface area contributed by atoms with Gasteiger partial charge in [-0.05, 0) is 81.8 Å². The summed E-state index contributed by atoms with van der Waals surface area (Å²) in [5.41, 5.74) is 0.781. The molecule has 0 aliphatic heterocycles. The van der Waals surface area contributed by atoms with Gasteiger partial charge in [-0.3, -0.25) is 9.59 Å². The van der Waals surface area contributed by atoms with Gasteiger partial charge < -0.3 is 10.2 Å². The number of nitrogens with zero attached hydrogens (tertiary/aromatic N) is 1. The van der Waals surface area contributed by atoms with Crippen LogP contribution in [0.1, 0.15) is 75.6 Å². The molecule has 0 radical (unpaired) electrons. The zero-order valence-corrected chi connectivity index (χ0v) is 19.3. The van der Waals surface area contributed by atoms with Crippen molar-refractivity contribution in [3.63, 3.8) is 0 Å². The Bertz CT molecular complexity index is 743. The van der Waals surface area contributed by atoms with Gasteiger partial charge in [0.1, 0.15) is 0 Å². The van der Waals surface area contributed by atoms with Gasteiger partial charge in [0.15, 0.2) is 0 Å². The van der Waals surface area contributed by atoms with Crippen molar-refractivity contribution >= 4 is 23.6 Å². The number of carbonyl (C=O) groups is 2. The number of rotatable bonds is 9. The second kappa shape index (κ2) is 9.33. The number of hydrogen-bond donors (Lipinski definition) is 1. The maximum atomic E-state index is 13.1. The molecule has 4 saturated carbocycles. The molecule has 4 fully saturated rings. The molecule has 1 N–H and O–H groups in total. The molecule has 1 aromatic rings. The Labute approximate surface area is 185 Å². The van der Waals surface area contributed by atoms with E-state index in [1.165, 1.54) is 50.3 Å². The largest absolute Gasteiger partial charge is 0.350 e. The Hall–Kier alpha value is -1.49. The van der Waals surface area contributed by atoms with E-state index in [-0.39, 0.29) is 17.4 Å². The van der Waals surface area contributed by atoms with Crippen LogP contribution in [-0.2, 0) is 4.79 Å². The summed E-state index contributed by atoms with van der Waals surface area (Å²) in [6.07, 6.45) is 9.75. The normalized spacial score (nSPS) is 29.1. The van der Waals surface area contributed by atoms with Gasteiger partial charge >= 0.3 is 0 Å². The van der Waals surface area contributed by atoms with Gasteiger partial charge in [-0.2, -0.15) is 0 Å². The van der Waals surface area contributed by atoms with Crippen LogP contribution in [0.5, 0.6) is 0 Å². The predicted octanol–water partition coefficient (Wildman–Crippen LogP) is 5.13. The summed E-state index contributed by atoms with van der Waals surface area (Å²) in [4.78, 5) is 28.8. The van der Waals surface area contributed by atoms with Gasteiger partial charge in [0, 0.05) is 23.5 Å². The predicted molar refractivity (Wildman–Crippen MR) is 123 cm³/mol. The molecule has 0 atom stereocenters. The summed E-state index contributed by atoms with van der Waals surface area (Å²) in [6, 6.07) is 7.75. The van der Waals surface area contributed by atoms with Crippen LogP contribution in [-0.4, -0.2) is 41.1 Å². The summed E-state index contributed by atoms with van der Waals surface area (Å²) in [5.74, 6) is 3.06. The molecule has 0 spiro atoms. The van der Waals surface area contributed by atoms with Gasteiger partial charge in [-0.15, -0.1) is 11.8 Å². The lowest BCUT2D eigenvalue weighted by Crippen LogP contribution is -2.60. The molecule has 4 nitrogen and oxygen atoms in total. The number of nitrogens with one attached hydrogen (secondary N) is 1. The minimum atomic E-state index is 0.0564. The summed E-state index contributed by atoms with van der Waals surface area (Å²) < 4.78 is 0. The van der Waals surface area contributed by atoms with E-state index in [4.69, 9.17) is 0 Å². The van der Waals surface area contributed by atoms with E-state index in [9.17, 15) is 9.59 Å². The van der Waals surface area contributed by atoms with Crippen molar-refractivity contribution in [3.05, 3.63) is 29.8 Å². The molecule has 4 aliphatic rings. The highest BCUT2D eigenvalue weighted by atomic mass is 32.2. The minimum absolute atomic E-state index is 0.0564. The van der Waals surface area contributed by atoms with Crippen LogP contribution in [0.25, 0.3) is 0 Å². The lowest BCUT2D eigenvalue weighted by molar-refractivity contribution is -0.124. The van der Waals surface area contributed by atoms with Crippen molar-refractivity contribution in [1.82, 2.24) is 10.2 Å². The van der Waals surface area contributed by atoms with E-state index in [0.29, 0.717) is 12.3 Å². The highest BCUT2D eigenvalue weighted by Crippen LogP contribution is 2.55. The first-order valence-corrected chi connectivity index (χ1v) is 12.8. The van der Waals surface area contributed by atoms with Gasteiger partial charge in [-0.1, -0.05) is 25.5 Å². The average molecular weight is 429 g/mol. The summed E-state index contributed by atoms with van der Waals surface area (Å²) in [7, 11) is 0. The SMILES string of the molecule is CCCCN(CC)C(=O)c1ccccc1SCC(=O)NC12CC3CC(CC(C3)C1)C2. The van der Waals surface area contributed by atoms with Crippen molar-refractivity contribution in [2.24, 2.45) is 17.8 Å². The second-order valence-electron chi connectivity index (χ2n) is 9.77. The monoisotopic (exact) mass is 428 g/mol. The molecule has 0 aromatic heterocycles. The second-order valence-corrected chi connectivity index (χ2v) is 10.8. The molecule has 30 heavy (non-hydrogen) atoms. The maximum Gasteiger partial charge on any atom is 0.254 e. The van der Waals surface area contributed by atoms with E-state index < -0.39 is 0 Å². The summed E-state index contributed by atoms with van der Waals surface area (Å²) >= 11 is 1.50. The molecular weight excluding hydrogens is 392 g/mol. The Morgan fingerprint density at radius 1 is 1.07 bits per heavy atom. The van der Waals surface area contributed by atoms with Crippen LogP contribution in [0.4, 0.5) is 0 Å². The van der Waals surface area contributed by atoms with Gasteiger partial charge in [-0.25, -0.2) is 0 Å². The number of unbranched alkanes of at least 4 members (excludes halogenated alkanes) is 1. The molecule has 5 rings (SSSR count). The fraction of sp³-hybridized carbons (Fsp3) is 0.680. The first-order chi connectivity index (χ1) is 14.5. The zero-order valence-electron chi connectivity index (χ0n) is 18.5. The average Bonchev–Trinajstić information content (AvgIpc) is 2.71. The Balaban J connectivity index is 1.37. The molecule has 4 bridgehead atoms. The van der Waals surface area contributed by atoms with Gasteiger partial charge in [0.05, 0.1) is 11.3 Å². The Kier molecular flexibility index (Phi) is 6.76. The van der Waals surface area contributed by atoms with Crippen LogP contribution in [0.2, 0.25) is 0 Å². The molecular formula is C25H36N2O2S. The zero-order chi connectivity index (χ0) is 21.1. The number of hydrogen-bond acceptors (Lipinski definition) is 3. The van der Waals surface area contributed by atoms with Crippen LogP contribution in [0.15, 0.2) is 29.2 Å². The van der Waals surface area contributed by atoms with Crippen LogP contribution in [0.3, 0.4) is 0 Å². The number of benzene rings is 1. The van der Waals surface area contributed by atoms with E-state index >= 15 is 0 Å². The summed E-state index contributed by atoms with van der Waals surface area (Å²) in [5, 5.41) is 3.45. The Morgan fingerprint density at radius 3 is 2.30 bits per heavy atom. The number of amides is 2. The number of thioether (sulfide) groups is 1. The third-order valence-corrected chi connectivity index (χ3v) is 8.44. The van der Waals surface area contributed by atoms with E-state index in [1.807, 2.05) is 36.1 Å². The first-order valence-electron chi connectivity index (χ1n) is 11.8. The first kappa shape index (κ1) is 21.7. The lowest BCUT2D eigenvalue weighted by atomic mass is 9.53. The van der Waals surface area contributed by atoms with E-state index in [0.717, 1.165) is 47.6 Å². The third-order valence-electron chi connectivity index (χ3n) is 7.37. The highest BCUT2D eigenvalue weighted by Gasteiger charge is 2.51. The molecule has 0 unspecified atom stereocenters. The molecule has 5 heteroatoms. The van der Waals surface area contributed by atoms with Gasteiger partial charge in [0.25, 0.3) is 5.91 Å². The molecule has 4 aliphatic carbocycles. The summed E-state index contributed by atoms with van der Waals surface area (Å²) in [6.45, 7) is 5.68. The van der Waals surface area contributed by atoms with E-state index in [2.05, 4.69) is 12.2 Å². The third kappa shape index (κ3) is 4.71. The van der Waals surface area contributed by atoms with E-state index in [1.54, 1.807) is 0 Å². The topological polar surface area (TPSA) is 49.4 Å². The fourth-order valence-corrected chi connectivity index (χ4v) is 7.28.